The summed E-state index contributed by atoms with van der Waals surface area (Å²) in [6, 6.07) is 9.45. The van der Waals surface area contributed by atoms with Crippen LogP contribution in [0.4, 0.5) is 5.69 Å². The Morgan fingerprint density at radius 3 is 2.44 bits per heavy atom. The quantitative estimate of drug-likeness (QED) is 0.698. The summed E-state index contributed by atoms with van der Waals surface area (Å²) in [4.78, 5) is 24.2. The zero-order valence-corrected chi connectivity index (χ0v) is 15.7. The molecule has 0 saturated heterocycles. The first-order valence-electron chi connectivity index (χ1n) is 8.51. The average molecular weight is 367 g/mol. The molecule has 7 heteroatoms. The van der Waals surface area contributed by atoms with E-state index >= 15 is 0 Å². The van der Waals surface area contributed by atoms with Crippen molar-refractivity contribution in [2.45, 2.75) is 27.7 Å². The van der Waals surface area contributed by atoms with Gasteiger partial charge in [0.05, 0.1) is 29.0 Å². The molecule has 0 aliphatic rings. The van der Waals surface area contributed by atoms with E-state index in [0.717, 1.165) is 16.9 Å². The predicted octanol–water partition coefficient (Wildman–Crippen LogP) is 3.49. The molecule has 0 aliphatic heterocycles. The zero-order valence-electron chi connectivity index (χ0n) is 15.7. The Bertz CT molecular complexity index is 983. The van der Waals surface area contributed by atoms with Gasteiger partial charge in [-0.1, -0.05) is 17.7 Å². The van der Waals surface area contributed by atoms with Gasteiger partial charge in [0.15, 0.2) is 6.61 Å². The van der Waals surface area contributed by atoms with E-state index in [1.807, 2.05) is 45.0 Å². The Balaban J connectivity index is 1.68. The highest BCUT2D eigenvalue weighted by Gasteiger charge is 2.18. The van der Waals surface area contributed by atoms with E-state index in [0.29, 0.717) is 22.7 Å². The molecule has 0 atom stereocenters. The molecule has 0 fully saturated rings. The predicted molar refractivity (Wildman–Crippen MR) is 100 cm³/mol. The standard InChI is InChI=1S/C20H21N3O4/c1-12-5-7-16(8-6-12)23-14(3)19(13(2)22-23)21-18(24)11-27-20(25)17-9-10-26-15(17)4/h5-10H,11H2,1-4H3,(H,21,24). The van der Waals surface area contributed by atoms with Gasteiger partial charge in [-0.15, -0.1) is 0 Å². The summed E-state index contributed by atoms with van der Waals surface area (Å²) in [5, 5.41) is 7.26. The lowest BCUT2D eigenvalue weighted by Crippen LogP contribution is -2.21. The first-order valence-corrected chi connectivity index (χ1v) is 8.51. The van der Waals surface area contributed by atoms with Gasteiger partial charge in [-0.25, -0.2) is 9.48 Å². The van der Waals surface area contributed by atoms with Crippen molar-refractivity contribution in [1.29, 1.82) is 0 Å². The number of esters is 1. The second-order valence-electron chi connectivity index (χ2n) is 6.31. The third-order valence-corrected chi connectivity index (χ3v) is 4.25. The Morgan fingerprint density at radius 1 is 1.11 bits per heavy atom. The van der Waals surface area contributed by atoms with Crippen LogP contribution in [0.25, 0.3) is 5.69 Å². The van der Waals surface area contributed by atoms with Gasteiger partial charge in [0.2, 0.25) is 0 Å². The molecule has 1 N–H and O–H groups in total. The van der Waals surface area contributed by atoms with Gasteiger partial charge in [-0.2, -0.15) is 5.10 Å². The molecule has 1 aromatic carbocycles. The maximum absolute atomic E-state index is 12.2. The number of anilines is 1. The first-order chi connectivity index (χ1) is 12.9. The molecule has 140 valence electrons. The minimum atomic E-state index is -0.597. The van der Waals surface area contributed by atoms with Gasteiger partial charge >= 0.3 is 5.97 Å². The van der Waals surface area contributed by atoms with Crippen LogP contribution in [-0.4, -0.2) is 28.3 Å². The molecule has 1 amide bonds. The fourth-order valence-electron chi connectivity index (χ4n) is 2.74. The van der Waals surface area contributed by atoms with E-state index in [4.69, 9.17) is 9.15 Å². The van der Waals surface area contributed by atoms with Crippen LogP contribution in [0.2, 0.25) is 0 Å². The van der Waals surface area contributed by atoms with Crippen LogP contribution in [-0.2, 0) is 9.53 Å². The van der Waals surface area contributed by atoms with Crippen molar-refractivity contribution >= 4 is 17.6 Å². The lowest BCUT2D eigenvalue weighted by Gasteiger charge is -2.08. The molecule has 2 aromatic heterocycles. The summed E-state index contributed by atoms with van der Waals surface area (Å²) < 4.78 is 11.9. The first kappa shape index (κ1) is 18.4. The molecule has 2 heterocycles. The number of carbonyl (C=O) groups excluding carboxylic acids is 2. The number of hydrogen-bond donors (Lipinski definition) is 1. The number of aromatic nitrogens is 2. The Kier molecular flexibility index (Phi) is 5.12. The van der Waals surface area contributed by atoms with Crippen molar-refractivity contribution < 1.29 is 18.7 Å². The number of ether oxygens (including phenoxy) is 1. The molecule has 0 bridgehead atoms. The molecule has 7 nitrogen and oxygen atoms in total. The van der Waals surface area contributed by atoms with Crippen molar-refractivity contribution in [3.63, 3.8) is 0 Å². The van der Waals surface area contributed by atoms with Gasteiger partial charge in [-0.3, -0.25) is 4.79 Å². The van der Waals surface area contributed by atoms with Crippen LogP contribution in [0.5, 0.6) is 0 Å². The second kappa shape index (κ2) is 7.49. The molecule has 0 unspecified atom stereocenters. The number of furan rings is 1. The van der Waals surface area contributed by atoms with Crippen LogP contribution < -0.4 is 5.32 Å². The number of rotatable bonds is 5. The average Bonchev–Trinajstić information content (AvgIpc) is 3.19. The SMILES string of the molecule is Cc1ccc(-n2nc(C)c(NC(=O)COC(=O)c3ccoc3C)c2C)cc1. The van der Waals surface area contributed by atoms with Crippen LogP contribution in [0.3, 0.4) is 0 Å². The maximum atomic E-state index is 12.2. The van der Waals surface area contributed by atoms with Crippen molar-refractivity contribution in [2.24, 2.45) is 0 Å². The smallest absolute Gasteiger partial charge is 0.342 e. The molecule has 0 saturated carbocycles. The highest BCUT2D eigenvalue weighted by Crippen LogP contribution is 2.23. The van der Waals surface area contributed by atoms with Crippen molar-refractivity contribution in [1.82, 2.24) is 9.78 Å². The summed E-state index contributed by atoms with van der Waals surface area (Å²) in [6.07, 6.45) is 1.40. The number of aryl methyl sites for hydroxylation is 3. The molecule has 27 heavy (non-hydrogen) atoms. The van der Waals surface area contributed by atoms with Crippen LogP contribution in [0.15, 0.2) is 41.0 Å². The van der Waals surface area contributed by atoms with Crippen LogP contribution in [0, 0.1) is 27.7 Å². The lowest BCUT2D eigenvalue weighted by atomic mass is 10.2. The summed E-state index contributed by atoms with van der Waals surface area (Å²) in [7, 11) is 0. The molecular weight excluding hydrogens is 346 g/mol. The summed E-state index contributed by atoms with van der Waals surface area (Å²) in [5.74, 6) is -0.578. The Morgan fingerprint density at radius 2 is 1.81 bits per heavy atom. The van der Waals surface area contributed by atoms with E-state index in [1.54, 1.807) is 11.6 Å². The number of nitrogens with zero attached hydrogens (tertiary/aromatic N) is 2. The van der Waals surface area contributed by atoms with E-state index in [-0.39, 0.29) is 0 Å². The number of amides is 1. The van der Waals surface area contributed by atoms with E-state index in [1.165, 1.54) is 12.3 Å². The van der Waals surface area contributed by atoms with E-state index in [9.17, 15) is 9.59 Å². The number of hydrogen-bond acceptors (Lipinski definition) is 5. The summed E-state index contributed by atoms with van der Waals surface area (Å²) >= 11 is 0. The number of benzene rings is 1. The van der Waals surface area contributed by atoms with Crippen molar-refractivity contribution in [3.8, 4) is 5.69 Å². The Hall–Kier alpha value is -3.35. The molecule has 0 aliphatic carbocycles. The highest BCUT2D eigenvalue weighted by molar-refractivity contribution is 5.96. The van der Waals surface area contributed by atoms with Crippen LogP contribution >= 0.6 is 0 Å². The third kappa shape index (κ3) is 3.92. The van der Waals surface area contributed by atoms with Crippen molar-refractivity contribution in [2.75, 3.05) is 11.9 Å². The lowest BCUT2D eigenvalue weighted by molar-refractivity contribution is -0.119. The highest BCUT2D eigenvalue weighted by atomic mass is 16.5. The number of nitrogens with one attached hydrogen (secondary N) is 1. The minimum Gasteiger partial charge on any atom is -0.469 e. The normalized spacial score (nSPS) is 10.7. The van der Waals surface area contributed by atoms with E-state index < -0.39 is 18.5 Å². The molecule has 0 radical (unpaired) electrons. The van der Waals surface area contributed by atoms with Crippen molar-refractivity contribution in [3.05, 3.63) is 64.9 Å². The molecule has 0 spiro atoms. The fourth-order valence-corrected chi connectivity index (χ4v) is 2.74. The van der Waals surface area contributed by atoms with E-state index in [2.05, 4.69) is 10.4 Å². The topological polar surface area (TPSA) is 86.4 Å². The van der Waals surface area contributed by atoms with Gasteiger partial charge in [0.25, 0.3) is 5.91 Å². The second-order valence-corrected chi connectivity index (χ2v) is 6.31. The van der Waals surface area contributed by atoms with Crippen LogP contribution in [0.1, 0.15) is 33.1 Å². The van der Waals surface area contributed by atoms with Gasteiger partial charge in [-0.05, 0) is 45.9 Å². The van der Waals surface area contributed by atoms with Gasteiger partial charge < -0.3 is 14.5 Å². The molecule has 3 rings (SSSR count). The minimum absolute atomic E-state index is 0.308. The van der Waals surface area contributed by atoms with Gasteiger partial charge in [0, 0.05) is 0 Å². The number of carbonyl (C=O) groups is 2. The Labute approximate surface area is 156 Å². The molecule has 3 aromatic rings. The van der Waals surface area contributed by atoms with Gasteiger partial charge in [0.1, 0.15) is 11.3 Å². The molecular formula is C20H21N3O4. The summed E-state index contributed by atoms with van der Waals surface area (Å²) in [5.41, 5.74) is 4.45. The largest absolute Gasteiger partial charge is 0.469 e. The summed E-state index contributed by atoms with van der Waals surface area (Å²) in [6.45, 7) is 6.97. The zero-order chi connectivity index (χ0) is 19.6. The monoisotopic (exact) mass is 367 g/mol. The maximum Gasteiger partial charge on any atom is 0.342 e. The third-order valence-electron chi connectivity index (χ3n) is 4.25. The fraction of sp³-hybridized carbons (Fsp3) is 0.250.